The SMILES string of the molecule is CC1CN=C(F)c2ccccc21. The summed E-state index contributed by atoms with van der Waals surface area (Å²) in [7, 11) is 0. The number of nitrogens with zero attached hydrogens (tertiary/aromatic N) is 1. The molecule has 2 rings (SSSR count). The summed E-state index contributed by atoms with van der Waals surface area (Å²) in [4.78, 5) is 3.80. The minimum atomic E-state index is -0.316. The third-order valence-corrected chi connectivity index (χ3v) is 2.22. The Hall–Kier alpha value is -1.18. The summed E-state index contributed by atoms with van der Waals surface area (Å²) < 4.78 is 13.1. The van der Waals surface area contributed by atoms with E-state index in [1.807, 2.05) is 18.2 Å². The van der Waals surface area contributed by atoms with Crippen molar-refractivity contribution < 1.29 is 4.39 Å². The molecule has 0 saturated carbocycles. The molecule has 0 bridgehead atoms. The van der Waals surface area contributed by atoms with Gasteiger partial charge in [-0.05, 0) is 5.56 Å². The van der Waals surface area contributed by atoms with Gasteiger partial charge in [0.1, 0.15) is 0 Å². The fraction of sp³-hybridized carbons (Fsp3) is 0.300. The van der Waals surface area contributed by atoms with Crippen LogP contribution < -0.4 is 0 Å². The van der Waals surface area contributed by atoms with Crippen molar-refractivity contribution in [2.75, 3.05) is 6.54 Å². The van der Waals surface area contributed by atoms with Crippen LogP contribution >= 0.6 is 0 Å². The Morgan fingerprint density at radius 1 is 1.42 bits per heavy atom. The fourth-order valence-corrected chi connectivity index (χ4v) is 1.52. The number of benzene rings is 1. The topological polar surface area (TPSA) is 12.4 Å². The summed E-state index contributed by atoms with van der Waals surface area (Å²) in [5.74, 6) is 0.0319. The molecule has 1 heterocycles. The largest absolute Gasteiger partial charge is 0.257 e. The van der Waals surface area contributed by atoms with Crippen molar-refractivity contribution in [3.8, 4) is 0 Å². The summed E-state index contributed by atoms with van der Waals surface area (Å²) in [6, 6.07) is 7.53. The average Bonchev–Trinajstić information content (AvgIpc) is 2.12. The van der Waals surface area contributed by atoms with Gasteiger partial charge in [-0.2, -0.15) is 4.39 Å². The summed E-state index contributed by atoms with van der Waals surface area (Å²) in [5, 5.41) is 0. The number of hydrogen-bond acceptors (Lipinski definition) is 1. The lowest BCUT2D eigenvalue weighted by atomic mass is 9.94. The summed E-state index contributed by atoms with van der Waals surface area (Å²) in [6.07, 6.45) is 0. The molecule has 0 saturated heterocycles. The molecule has 0 spiro atoms. The second-order valence-corrected chi connectivity index (χ2v) is 3.12. The van der Waals surface area contributed by atoms with Gasteiger partial charge in [0, 0.05) is 18.0 Å². The van der Waals surface area contributed by atoms with E-state index in [-0.39, 0.29) is 5.97 Å². The molecular weight excluding hydrogens is 153 g/mol. The Kier molecular flexibility index (Phi) is 1.68. The van der Waals surface area contributed by atoms with Crippen LogP contribution in [0.15, 0.2) is 29.3 Å². The van der Waals surface area contributed by atoms with Crippen molar-refractivity contribution in [1.82, 2.24) is 0 Å². The molecule has 0 radical (unpaired) electrons. The predicted molar refractivity (Wildman–Crippen MR) is 47.4 cm³/mol. The highest BCUT2D eigenvalue weighted by atomic mass is 19.1. The maximum Gasteiger partial charge on any atom is 0.215 e. The third-order valence-electron chi connectivity index (χ3n) is 2.22. The van der Waals surface area contributed by atoms with Gasteiger partial charge < -0.3 is 0 Å². The smallest absolute Gasteiger partial charge is 0.215 e. The number of hydrogen-bond donors (Lipinski definition) is 0. The first-order valence-electron chi connectivity index (χ1n) is 4.08. The second kappa shape index (κ2) is 2.70. The number of aliphatic imine (C=N–C) groups is 1. The van der Waals surface area contributed by atoms with Gasteiger partial charge in [0.25, 0.3) is 0 Å². The molecule has 0 fully saturated rings. The standard InChI is InChI=1S/C10H10FN/c1-7-6-12-10(11)9-5-3-2-4-8(7)9/h2-5,7H,6H2,1H3. The molecule has 0 aliphatic carbocycles. The van der Waals surface area contributed by atoms with Crippen LogP contribution in [0.4, 0.5) is 4.39 Å². The van der Waals surface area contributed by atoms with Crippen molar-refractivity contribution in [2.45, 2.75) is 12.8 Å². The molecule has 1 atom stereocenters. The molecule has 1 nitrogen and oxygen atoms in total. The van der Waals surface area contributed by atoms with Gasteiger partial charge in [0.2, 0.25) is 5.97 Å². The van der Waals surface area contributed by atoms with E-state index in [1.54, 1.807) is 6.07 Å². The molecule has 1 aliphatic heterocycles. The zero-order valence-corrected chi connectivity index (χ0v) is 6.92. The lowest BCUT2D eigenvalue weighted by Crippen LogP contribution is -2.12. The van der Waals surface area contributed by atoms with E-state index >= 15 is 0 Å². The van der Waals surface area contributed by atoms with Crippen molar-refractivity contribution in [3.05, 3.63) is 35.4 Å². The van der Waals surface area contributed by atoms with Crippen molar-refractivity contribution >= 4 is 5.97 Å². The Labute approximate surface area is 70.9 Å². The Bertz CT molecular complexity index is 330. The zero-order chi connectivity index (χ0) is 8.55. The Balaban J connectivity index is 2.58. The molecule has 62 valence electrons. The van der Waals surface area contributed by atoms with E-state index in [4.69, 9.17) is 0 Å². The van der Waals surface area contributed by atoms with Crippen LogP contribution in [0.5, 0.6) is 0 Å². The maximum absolute atomic E-state index is 13.1. The van der Waals surface area contributed by atoms with E-state index in [1.165, 1.54) is 0 Å². The van der Waals surface area contributed by atoms with Gasteiger partial charge in [-0.3, -0.25) is 4.99 Å². The van der Waals surface area contributed by atoms with Gasteiger partial charge in [-0.15, -0.1) is 0 Å². The van der Waals surface area contributed by atoms with Crippen LogP contribution in [0, 0.1) is 0 Å². The molecule has 0 amide bonds. The third kappa shape index (κ3) is 1.04. The first-order chi connectivity index (χ1) is 5.79. The van der Waals surface area contributed by atoms with E-state index in [0.29, 0.717) is 18.0 Å². The molecule has 0 aromatic heterocycles. The zero-order valence-electron chi connectivity index (χ0n) is 6.92. The van der Waals surface area contributed by atoms with Crippen molar-refractivity contribution in [1.29, 1.82) is 0 Å². The molecule has 12 heavy (non-hydrogen) atoms. The van der Waals surface area contributed by atoms with E-state index < -0.39 is 0 Å². The molecule has 2 heteroatoms. The molecule has 1 aromatic rings. The average molecular weight is 163 g/mol. The highest BCUT2D eigenvalue weighted by Crippen LogP contribution is 2.25. The van der Waals surface area contributed by atoms with Crippen LogP contribution in [-0.2, 0) is 0 Å². The molecule has 1 aromatic carbocycles. The minimum absolute atomic E-state index is 0.316. The number of halogens is 1. The monoisotopic (exact) mass is 163 g/mol. The normalized spacial score (nSPS) is 21.5. The van der Waals surface area contributed by atoms with Gasteiger partial charge in [-0.25, -0.2) is 0 Å². The first-order valence-corrected chi connectivity index (χ1v) is 4.08. The molecule has 1 aliphatic rings. The van der Waals surface area contributed by atoms with E-state index in [2.05, 4.69) is 11.9 Å². The summed E-state index contributed by atoms with van der Waals surface area (Å²) >= 11 is 0. The summed E-state index contributed by atoms with van der Waals surface area (Å²) in [6.45, 7) is 2.64. The summed E-state index contributed by atoms with van der Waals surface area (Å²) in [5.41, 5.74) is 1.74. The van der Waals surface area contributed by atoms with Crippen LogP contribution in [0.3, 0.4) is 0 Å². The van der Waals surface area contributed by atoms with E-state index in [0.717, 1.165) is 5.56 Å². The van der Waals surface area contributed by atoms with Crippen LogP contribution in [-0.4, -0.2) is 12.5 Å². The quantitative estimate of drug-likeness (QED) is 0.557. The first kappa shape index (κ1) is 7.47. The highest BCUT2D eigenvalue weighted by Gasteiger charge is 2.18. The lowest BCUT2D eigenvalue weighted by molar-refractivity contribution is 0.708. The van der Waals surface area contributed by atoms with Crippen LogP contribution in [0.25, 0.3) is 0 Å². The predicted octanol–water partition coefficient (Wildman–Crippen LogP) is 2.52. The van der Waals surface area contributed by atoms with Crippen molar-refractivity contribution in [3.63, 3.8) is 0 Å². The molecular formula is C10H10FN. The maximum atomic E-state index is 13.1. The van der Waals surface area contributed by atoms with Gasteiger partial charge in [0.05, 0.1) is 0 Å². The highest BCUT2D eigenvalue weighted by molar-refractivity contribution is 5.95. The van der Waals surface area contributed by atoms with Gasteiger partial charge >= 0.3 is 0 Å². The van der Waals surface area contributed by atoms with Gasteiger partial charge in [-0.1, -0.05) is 31.2 Å². The Morgan fingerprint density at radius 2 is 2.17 bits per heavy atom. The minimum Gasteiger partial charge on any atom is -0.257 e. The van der Waals surface area contributed by atoms with Gasteiger partial charge in [0.15, 0.2) is 0 Å². The van der Waals surface area contributed by atoms with E-state index in [9.17, 15) is 4.39 Å². The van der Waals surface area contributed by atoms with Crippen molar-refractivity contribution in [2.24, 2.45) is 4.99 Å². The Morgan fingerprint density at radius 3 is 2.92 bits per heavy atom. The fourth-order valence-electron chi connectivity index (χ4n) is 1.52. The van der Waals surface area contributed by atoms with Crippen LogP contribution in [0.1, 0.15) is 24.0 Å². The number of fused-ring (bicyclic) bond motifs is 1. The van der Waals surface area contributed by atoms with Crippen LogP contribution in [0.2, 0.25) is 0 Å². The second-order valence-electron chi connectivity index (χ2n) is 3.12. The lowest BCUT2D eigenvalue weighted by Gasteiger charge is -2.17. The molecule has 1 unspecified atom stereocenters. The number of rotatable bonds is 0. The molecule has 0 N–H and O–H groups in total.